The normalized spacial score (nSPS) is 10.1. The average Bonchev–Trinajstić information content (AvgIpc) is 2.52. The Hall–Kier alpha value is -2.83. The molecule has 0 aliphatic carbocycles. The second-order valence-electron chi connectivity index (χ2n) is 4.56. The van der Waals surface area contributed by atoms with E-state index >= 15 is 0 Å². The summed E-state index contributed by atoms with van der Waals surface area (Å²) in [7, 11) is 3.12. The van der Waals surface area contributed by atoms with Gasteiger partial charge in [0.15, 0.2) is 5.82 Å². The Labute approximate surface area is 127 Å². The van der Waals surface area contributed by atoms with Crippen LogP contribution in [-0.2, 0) is 4.79 Å². The van der Waals surface area contributed by atoms with Crippen LogP contribution in [0, 0.1) is 6.92 Å². The summed E-state index contributed by atoms with van der Waals surface area (Å²) in [5.41, 5.74) is 1.60. The molecule has 0 bridgehead atoms. The van der Waals surface area contributed by atoms with Crippen LogP contribution in [0.1, 0.15) is 5.56 Å². The maximum atomic E-state index is 10.6. The molecule has 0 unspecified atom stereocenters. The molecular weight excluding hydrogens is 286 g/mol. The van der Waals surface area contributed by atoms with E-state index in [0.717, 1.165) is 5.56 Å². The maximum Gasteiger partial charge on any atom is 0.322 e. The van der Waals surface area contributed by atoms with Crippen LogP contribution >= 0.6 is 0 Å². The first-order valence-corrected chi connectivity index (χ1v) is 6.57. The van der Waals surface area contributed by atoms with Crippen molar-refractivity contribution in [2.24, 2.45) is 0 Å². The maximum absolute atomic E-state index is 10.6. The minimum Gasteiger partial charge on any atom is -0.496 e. The topological polar surface area (TPSA) is 93.6 Å². The smallest absolute Gasteiger partial charge is 0.322 e. The molecule has 1 aromatic heterocycles. The zero-order chi connectivity index (χ0) is 16.1. The second-order valence-corrected chi connectivity index (χ2v) is 4.56. The number of nitrogens with zero attached hydrogens (tertiary/aromatic N) is 2. The highest BCUT2D eigenvalue weighted by Crippen LogP contribution is 2.37. The Balaban J connectivity index is 2.47. The van der Waals surface area contributed by atoms with E-state index in [2.05, 4.69) is 15.3 Å². The van der Waals surface area contributed by atoms with E-state index < -0.39 is 5.97 Å². The van der Waals surface area contributed by atoms with Gasteiger partial charge in [-0.2, -0.15) is 0 Å². The summed E-state index contributed by atoms with van der Waals surface area (Å²) in [4.78, 5) is 19.2. The number of benzene rings is 1. The quantitative estimate of drug-likeness (QED) is 0.842. The van der Waals surface area contributed by atoms with Crippen LogP contribution in [-0.4, -0.2) is 41.8 Å². The Morgan fingerprint density at radius 2 is 1.91 bits per heavy atom. The summed E-state index contributed by atoms with van der Waals surface area (Å²) < 4.78 is 10.8. The predicted molar refractivity (Wildman–Crippen MR) is 81.4 cm³/mol. The van der Waals surface area contributed by atoms with Crippen molar-refractivity contribution >= 4 is 11.8 Å². The van der Waals surface area contributed by atoms with Gasteiger partial charge in [0.1, 0.15) is 29.4 Å². The van der Waals surface area contributed by atoms with E-state index in [0.29, 0.717) is 28.7 Å². The van der Waals surface area contributed by atoms with Gasteiger partial charge in [-0.25, -0.2) is 9.97 Å². The fourth-order valence-electron chi connectivity index (χ4n) is 2.01. The SMILES string of the molecule is COc1cc(C)cc(OC)c1-c1nccc(NCC(=O)O)n1. The first-order chi connectivity index (χ1) is 10.5. The molecule has 22 heavy (non-hydrogen) atoms. The molecule has 0 aliphatic rings. The van der Waals surface area contributed by atoms with Crippen LogP contribution in [0.3, 0.4) is 0 Å². The molecule has 0 amide bonds. The molecule has 0 radical (unpaired) electrons. The van der Waals surface area contributed by atoms with Gasteiger partial charge in [0.05, 0.1) is 14.2 Å². The third-order valence-corrected chi connectivity index (χ3v) is 2.95. The monoisotopic (exact) mass is 303 g/mol. The van der Waals surface area contributed by atoms with Gasteiger partial charge in [0, 0.05) is 6.20 Å². The van der Waals surface area contributed by atoms with Crippen LogP contribution in [0.15, 0.2) is 24.4 Å². The number of aliphatic carboxylic acids is 1. The number of hydrogen-bond donors (Lipinski definition) is 2. The minimum atomic E-state index is -0.967. The molecular formula is C15H17N3O4. The number of nitrogens with one attached hydrogen (secondary N) is 1. The summed E-state index contributed by atoms with van der Waals surface area (Å²) in [6, 6.07) is 5.32. The van der Waals surface area contributed by atoms with Crippen LogP contribution in [0.25, 0.3) is 11.4 Å². The summed E-state index contributed by atoms with van der Waals surface area (Å²) in [6.45, 7) is 1.71. The zero-order valence-electron chi connectivity index (χ0n) is 12.6. The first-order valence-electron chi connectivity index (χ1n) is 6.57. The highest BCUT2D eigenvalue weighted by Gasteiger charge is 2.16. The number of carboxylic acids is 1. The van der Waals surface area contributed by atoms with Crippen LogP contribution < -0.4 is 14.8 Å². The molecule has 0 saturated heterocycles. The number of aromatic nitrogens is 2. The van der Waals surface area contributed by atoms with Crippen molar-refractivity contribution in [2.75, 3.05) is 26.1 Å². The fourth-order valence-corrected chi connectivity index (χ4v) is 2.01. The molecule has 1 aromatic carbocycles. The van der Waals surface area contributed by atoms with Gasteiger partial charge in [0.25, 0.3) is 0 Å². The molecule has 2 aromatic rings. The lowest BCUT2D eigenvalue weighted by Gasteiger charge is -2.14. The van der Waals surface area contributed by atoms with Crippen molar-refractivity contribution in [1.82, 2.24) is 9.97 Å². The molecule has 2 rings (SSSR count). The van der Waals surface area contributed by atoms with E-state index in [-0.39, 0.29) is 6.54 Å². The van der Waals surface area contributed by atoms with Crippen LogP contribution in [0.5, 0.6) is 11.5 Å². The largest absolute Gasteiger partial charge is 0.496 e. The van der Waals surface area contributed by atoms with Crippen molar-refractivity contribution in [3.63, 3.8) is 0 Å². The average molecular weight is 303 g/mol. The summed E-state index contributed by atoms with van der Waals surface area (Å²) in [5, 5.41) is 11.4. The Kier molecular flexibility index (Phi) is 4.77. The number of carboxylic acid groups (broad SMARTS) is 1. The van der Waals surface area contributed by atoms with Gasteiger partial charge in [-0.1, -0.05) is 0 Å². The standard InChI is InChI=1S/C15H17N3O4/c1-9-6-10(21-2)14(11(7-9)22-3)15-16-5-4-12(18-15)17-8-13(19)20/h4-7H,8H2,1-3H3,(H,19,20)(H,16,17,18). The minimum absolute atomic E-state index is 0.224. The highest BCUT2D eigenvalue weighted by atomic mass is 16.5. The molecule has 0 spiro atoms. The van der Waals surface area contributed by atoms with Gasteiger partial charge in [-0.05, 0) is 30.7 Å². The van der Waals surface area contributed by atoms with Crippen molar-refractivity contribution in [3.8, 4) is 22.9 Å². The van der Waals surface area contributed by atoms with Crippen LogP contribution in [0.4, 0.5) is 5.82 Å². The van der Waals surface area contributed by atoms with E-state index in [9.17, 15) is 4.79 Å². The number of methoxy groups -OCH3 is 2. The lowest BCUT2D eigenvalue weighted by Crippen LogP contribution is -2.13. The molecule has 1 heterocycles. The van der Waals surface area contributed by atoms with E-state index in [1.807, 2.05) is 19.1 Å². The predicted octanol–water partition coefficient (Wildman–Crippen LogP) is 1.97. The summed E-state index contributed by atoms with van der Waals surface area (Å²) >= 11 is 0. The third kappa shape index (κ3) is 3.43. The zero-order valence-corrected chi connectivity index (χ0v) is 12.6. The number of hydrogen-bond acceptors (Lipinski definition) is 6. The highest BCUT2D eigenvalue weighted by molar-refractivity contribution is 5.74. The van der Waals surface area contributed by atoms with E-state index in [1.165, 1.54) is 0 Å². The number of ether oxygens (including phenoxy) is 2. The van der Waals surface area contributed by atoms with E-state index in [4.69, 9.17) is 14.6 Å². The fraction of sp³-hybridized carbons (Fsp3) is 0.267. The Morgan fingerprint density at radius 1 is 1.27 bits per heavy atom. The van der Waals surface area contributed by atoms with Gasteiger partial charge in [-0.3, -0.25) is 4.79 Å². The second kappa shape index (κ2) is 6.75. The Morgan fingerprint density at radius 3 is 2.45 bits per heavy atom. The van der Waals surface area contributed by atoms with Crippen molar-refractivity contribution in [1.29, 1.82) is 0 Å². The molecule has 0 aliphatic heterocycles. The van der Waals surface area contributed by atoms with Gasteiger partial charge in [-0.15, -0.1) is 0 Å². The van der Waals surface area contributed by atoms with Crippen LogP contribution in [0.2, 0.25) is 0 Å². The number of anilines is 1. The molecule has 116 valence electrons. The Bertz CT molecular complexity index is 663. The van der Waals surface area contributed by atoms with Gasteiger partial charge >= 0.3 is 5.97 Å². The van der Waals surface area contributed by atoms with Crippen molar-refractivity contribution in [3.05, 3.63) is 30.0 Å². The van der Waals surface area contributed by atoms with E-state index in [1.54, 1.807) is 26.5 Å². The van der Waals surface area contributed by atoms with Crippen molar-refractivity contribution < 1.29 is 19.4 Å². The summed E-state index contributed by atoms with van der Waals surface area (Å²) in [5.74, 6) is 1.02. The van der Waals surface area contributed by atoms with Crippen molar-refractivity contribution in [2.45, 2.75) is 6.92 Å². The van der Waals surface area contributed by atoms with Gasteiger partial charge < -0.3 is 19.9 Å². The molecule has 7 nitrogen and oxygen atoms in total. The lowest BCUT2D eigenvalue weighted by molar-refractivity contribution is -0.134. The molecule has 0 atom stereocenters. The molecule has 0 fully saturated rings. The lowest BCUT2D eigenvalue weighted by atomic mass is 10.1. The number of carbonyl (C=O) groups is 1. The first kappa shape index (κ1) is 15.6. The molecule has 7 heteroatoms. The number of rotatable bonds is 6. The molecule has 0 saturated carbocycles. The van der Waals surface area contributed by atoms with Gasteiger partial charge in [0.2, 0.25) is 0 Å². The number of aryl methyl sites for hydroxylation is 1. The summed E-state index contributed by atoms with van der Waals surface area (Å²) in [6.07, 6.45) is 1.55. The third-order valence-electron chi connectivity index (χ3n) is 2.95. The molecule has 2 N–H and O–H groups in total.